The van der Waals surface area contributed by atoms with Crippen molar-refractivity contribution in [1.29, 1.82) is 0 Å². The summed E-state index contributed by atoms with van der Waals surface area (Å²) in [6, 6.07) is 0. The number of aromatic amines is 1. The molecule has 0 spiro atoms. The maximum atomic E-state index is 5.91. The van der Waals surface area contributed by atoms with Gasteiger partial charge in [-0.2, -0.15) is 0 Å². The van der Waals surface area contributed by atoms with Gasteiger partial charge in [-0.15, -0.1) is 11.6 Å². The quantitative estimate of drug-likeness (QED) is 0.688. The second kappa shape index (κ2) is 2.57. The summed E-state index contributed by atoms with van der Waals surface area (Å²) in [7, 11) is 0. The van der Waals surface area contributed by atoms with Crippen LogP contribution in [-0.4, -0.2) is 25.3 Å². The molecule has 0 radical (unpaired) electrons. The van der Waals surface area contributed by atoms with E-state index in [2.05, 4.69) is 19.9 Å². The first kappa shape index (κ1) is 7.99. The Morgan fingerprint density at radius 3 is 3.00 bits per heavy atom. The number of nitrogens with two attached hydrogens (primary N) is 1. The predicted octanol–water partition coefficient (Wildman–Crippen LogP) is 1.03. The number of nitrogens with zero attached hydrogens (tertiary/aromatic N) is 3. The van der Waals surface area contributed by atoms with Gasteiger partial charge in [0.1, 0.15) is 11.3 Å². The lowest BCUT2D eigenvalue weighted by molar-refractivity contribution is 0.948. The van der Waals surface area contributed by atoms with Crippen LogP contribution in [0.1, 0.15) is 18.2 Å². The van der Waals surface area contributed by atoms with E-state index < -0.39 is 0 Å². The molecular formula is C8H8ClN5. The molecular weight excluding hydrogens is 202 g/mol. The van der Waals surface area contributed by atoms with Crippen molar-refractivity contribution < 1.29 is 0 Å². The molecule has 14 heavy (non-hydrogen) atoms. The van der Waals surface area contributed by atoms with Gasteiger partial charge < -0.3 is 10.7 Å². The molecule has 0 bridgehead atoms. The van der Waals surface area contributed by atoms with Crippen LogP contribution in [-0.2, 0) is 0 Å². The molecule has 0 saturated heterocycles. The molecule has 1 aliphatic rings. The minimum Gasteiger partial charge on any atom is -0.382 e. The third-order valence-electron chi connectivity index (χ3n) is 2.38. The number of fused-ring (bicyclic) bond motifs is 1. The molecule has 0 amide bonds. The summed E-state index contributed by atoms with van der Waals surface area (Å²) in [4.78, 5) is 15.4. The van der Waals surface area contributed by atoms with Crippen LogP contribution in [0, 0.1) is 0 Å². The fourth-order valence-electron chi connectivity index (χ4n) is 1.47. The monoisotopic (exact) mass is 209 g/mol. The van der Waals surface area contributed by atoms with Gasteiger partial charge in [-0.05, 0) is 6.42 Å². The lowest BCUT2D eigenvalue weighted by Crippen LogP contribution is -2.00. The maximum absolute atomic E-state index is 5.91. The summed E-state index contributed by atoms with van der Waals surface area (Å²) in [5, 5.41) is 0.158. The van der Waals surface area contributed by atoms with E-state index in [1.54, 1.807) is 6.33 Å². The van der Waals surface area contributed by atoms with Crippen molar-refractivity contribution in [3.8, 4) is 0 Å². The molecule has 2 unspecified atom stereocenters. The van der Waals surface area contributed by atoms with Crippen molar-refractivity contribution >= 4 is 28.6 Å². The smallest absolute Gasteiger partial charge is 0.183 e. The Kier molecular flexibility index (Phi) is 1.47. The Balaban J connectivity index is 2.17. The zero-order valence-corrected chi connectivity index (χ0v) is 7.99. The number of hydrogen-bond acceptors (Lipinski definition) is 4. The van der Waals surface area contributed by atoms with E-state index in [1.807, 2.05) is 0 Å². The first-order chi connectivity index (χ1) is 6.75. The second-order valence-corrected chi connectivity index (χ2v) is 3.99. The Hall–Kier alpha value is -1.36. The number of nitrogens with one attached hydrogen (secondary N) is 1. The van der Waals surface area contributed by atoms with Crippen molar-refractivity contribution in [3.63, 3.8) is 0 Å². The molecule has 6 heteroatoms. The van der Waals surface area contributed by atoms with E-state index in [4.69, 9.17) is 17.3 Å². The van der Waals surface area contributed by atoms with Crippen LogP contribution in [0.4, 0.5) is 5.82 Å². The number of halogens is 1. The van der Waals surface area contributed by atoms with Crippen molar-refractivity contribution in [3.05, 3.63) is 12.2 Å². The van der Waals surface area contributed by atoms with Gasteiger partial charge >= 0.3 is 0 Å². The molecule has 1 aliphatic carbocycles. The molecule has 1 fully saturated rings. The van der Waals surface area contributed by atoms with E-state index in [0.29, 0.717) is 22.8 Å². The minimum absolute atomic E-state index is 0.158. The molecule has 72 valence electrons. The number of anilines is 1. The third kappa shape index (κ3) is 1.05. The van der Waals surface area contributed by atoms with E-state index in [1.165, 1.54) is 0 Å². The lowest BCUT2D eigenvalue weighted by Gasteiger charge is -1.99. The van der Waals surface area contributed by atoms with Crippen molar-refractivity contribution in [2.45, 2.75) is 17.7 Å². The minimum atomic E-state index is 0.158. The van der Waals surface area contributed by atoms with E-state index in [9.17, 15) is 0 Å². The highest BCUT2D eigenvalue weighted by atomic mass is 35.5. The fraction of sp³-hybridized carbons (Fsp3) is 0.375. The first-order valence-corrected chi connectivity index (χ1v) is 4.80. The Bertz CT molecular complexity index is 493. The summed E-state index contributed by atoms with van der Waals surface area (Å²) in [6.07, 6.45) is 2.49. The molecule has 2 atom stereocenters. The normalized spacial score (nSPS) is 25.5. The van der Waals surface area contributed by atoms with Crippen molar-refractivity contribution in [2.75, 3.05) is 5.73 Å². The molecule has 1 saturated carbocycles. The first-order valence-electron chi connectivity index (χ1n) is 4.36. The summed E-state index contributed by atoms with van der Waals surface area (Å²) in [5.74, 6) is 1.40. The zero-order valence-electron chi connectivity index (χ0n) is 7.24. The summed E-state index contributed by atoms with van der Waals surface area (Å²) >= 11 is 5.91. The zero-order chi connectivity index (χ0) is 9.71. The molecule has 2 heterocycles. The molecule has 2 aromatic heterocycles. The van der Waals surface area contributed by atoms with E-state index in [-0.39, 0.29) is 11.3 Å². The average Bonchev–Trinajstić information content (AvgIpc) is 2.71. The molecule has 2 aromatic rings. The van der Waals surface area contributed by atoms with Crippen LogP contribution in [0.25, 0.3) is 11.2 Å². The number of aromatic nitrogens is 4. The van der Waals surface area contributed by atoms with Crippen LogP contribution >= 0.6 is 11.6 Å². The SMILES string of the molecule is Nc1nc(C2CC2Cl)nc2nc[nH]c12. The highest BCUT2D eigenvalue weighted by Crippen LogP contribution is 2.44. The summed E-state index contributed by atoms with van der Waals surface area (Å²) in [5.41, 5.74) is 7.06. The van der Waals surface area contributed by atoms with Gasteiger partial charge in [0.15, 0.2) is 11.5 Å². The molecule has 0 aromatic carbocycles. The van der Waals surface area contributed by atoms with Crippen LogP contribution in [0.2, 0.25) is 0 Å². The van der Waals surface area contributed by atoms with Crippen LogP contribution in [0.15, 0.2) is 6.33 Å². The van der Waals surface area contributed by atoms with Crippen LogP contribution < -0.4 is 5.73 Å². The van der Waals surface area contributed by atoms with Gasteiger partial charge in [-0.1, -0.05) is 0 Å². The Morgan fingerprint density at radius 1 is 1.50 bits per heavy atom. The van der Waals surface area contributed by atoms with Crippen LogP contribution in [0.5, 0.6) is 0 Å². The van der Waals surface area contributed by atoms with Crippen LogP contribution in [0.3, 0.4) is 0 Å². The number of H-pyrrole nitrogens is 1. The molecule has 0 aliphatic heterocycles. The second-order valence-electron chi connectivity index (χ2n) is 3.43. The summed E-state index contributed by atoms with van der Waals surface area (Å²) < 4.78 is 0. The standard InChI is InChI=1S/C8H8ClN5/c9-4-1-3(4)7-13-6(10)5-8(14-7)12-2-11-5/h2-4H,1H2,(H3,10,11,12,13,14). The lowest BCUT2D eigenvalue weighted by atomic mass is 10.4. The molecule has 3 N–H and O–H groups in total. The van der Waals surface area contributed by atoms with Gasteiger partial charge in [-0.25, -0.2) is 15.0 Å². The van der Waals surface area contributed by atoms with Crippen molar-refractivity contribution in [1.82, 2.24) is 19.9 Å². The van der Waals surface area contributed by atoms with Gasteiger partial charge in [0.2, 0.25) is 0 Å². The Morgan fingerprint density at radius 2 is 2.29 bits per heavy atom. The summed E-state index contributed by atoms with van der Waals surface area (Å²) in [6.45, 7) is 0. The largest absolute Gasteiger partial charge is 0.382 e. The highest BCUT2D eigenvalue weighted by Gasteiger charge is 2.39. The molecule has 3 rings (SSSR count). The average molecular weight is 210 g/mol. The molecule has 5 nitrogen and oxygen atoms in total. The van der Waals surface area contributed by atoms with Gasteiger partial charge in [0, 0.05) is 11.3 Å². The van der Waals surface area contributed by atoms with E-state index >= 15 is 0 Å². The van der Waals surface area contributed by atoms with Gasteiger partial charge in [0.05, 0.1) is 6.33 Å². The van der Waals surface area contributed by atoms with Gasteiger partial charge in [0.25, 0.3) is 0 Å². The number of alkyl halides is 1. The van der Waals surface area contributed by atoms with E-state index in [0.717, 1.165) is 6.42 Å². The maximum Gasteiger partial charge on any atom is 0.183 e. The highest BCUT2D eigenvalue weighted by molar-refractivity contribution is 6.23. The number of nitrogen functional groups attached to an aromatic ring is 1. The third-order valence-corrected chi connectivity index (χ3v) is 2.86. The fourth-order valence-corrected chi connectivity index (χ4v) is 1.77. The predicted molar refractivity (Wildman–Crippen MR) is 53.1 cm³/mol. The number of hydrogen-bond donors (Lipinski definition) is 2. The topological polar surface area (TPSA) is 80.5 Å². The Labute approximate surface area is 84.7 Å². The van der Waals surface area contributed by atoms with Gasteiger partial charge in [-0.3, -0.25) is 0 Å². The number of rotatable bonds is 1. The van der Waals surface area contributed by atoms with Crippen molar-refractivity contribution in [2.24, 2.45) is 0 Å². The number of imidazole rings is 1.